The second-order valence-electron chi connectivity index (χ2n) is 8.65. The number of carboxylic acids is 1. The van der Waals surface area contributed by atoms with E-state index in [1.54, 1.807) is 0 Å². The van der Waals surface area contributed by atoms with Crippen LogP contribution in [0.25, 0.3) is 10.9 Å². The third-order valence-corrected chi connectivity index (χ3v) is 5.78. The largest absolute Gasteiger partial charge is 0.480 e. The molecule has 3 N–H and O–H groups in total. The topological polar surface area (TPSA) is 82.2 Å². The molecule has 0 aliphatic heterocycles. The number of nitrogens with one attached hydrogen (secondary N) is 2. The molecule has 1 atom stereocenters. The highest BCUT2D eigenvalue weighted by molar-refractivity contribution is 5.86. The predicted molar refractivity (Wildman–Crippen MR) is 141 cm³/mol. The summed E-state index contributed by atoms with van der Waals surface area (Å²) in [5.41, 5.74) is 1.86. The van der Waals surface area contributed by atoms with Crippen LogP contribution in [0.5, 0.6) is 0 Å². The zero-order valence-corrected chi connectivity index (χ0v) is 20.5. The number of rotatable bonds is 17. The number of hydrogen-bond donors (Lipinski definition) is 3. The lowest BCUT2D eigenvalue weighted by atomic mass is 10.0. The predicted octanol–water partition coefficient (Wildman–Crippen LogP) is 6.87. The van der Waals surface area contributed by atoms with Crippen molar-refractivity contribution in [2.24, 2.45) is 0 Å². The number of aromatic nitrogens is 1. The van der Waals surface area contributed by atoms with Gasteiger partial charge in [-0.3, -0.25) is 4.79 Å². The Morgan fingerprint density at radius 3 is 2.26 bits per heavy atom. The zero-order chi connectivity index (χ0) is 24.4. The molecule has 0 saturated carbocycles. The quantitative estimate of drug-likeness (QED) is 0.176. The number of para-hydroxylation sites is 1. The summed E-state index contributed by atoms with van der Waals surface area (Å²) in [7, 11) is 0. The molecule has 1 heterocycles. The number of carbonyl (C=O) groups excluding carboxylic acids is 1. The van der Waals surface area contributed by atoms with Gasteiger partial charge in [0, 0.05) is 29.9 Å². The van der Waals surface area contributed by atoms with Gasteiger partial charge in [-0.2, -0.15) is 0 Å². The average molecular weight is 465 g/mol. The number of aromatic amines is 1. The van der Waals surface area contributed by atoms with Crippen LogP contribution in [0, 0.1) is 0 Å². The molecule has 0 aliphatic rings. The summed E-state index contributed by atoms with van der Waals surface area (Å²) in [5, 5.41) is 13.2. The van der Waals surface area contributed by atoms with Crippen LogP contribution in [0.3, 0.4) is 0 Å². The summed E-state index contributed by atoms with van der Waals surface area (Å²) in [6, 6.07) is 6.83. The maximum Gasteiger partial charge on any atom is 0.326 e. The molecule has 0 radical (unpaired) electrons. The second-order valence-corrected chi connectivity index (χ2v) is 8.65. The third kappa shape index (κ3) is 10.7. The summed E-state index contributed by atoms with van der Waals surface area (Å²) in [5.74, 6) is -1.22. The molecule has 0 spiro atoms. The number of hydrogen-bond acceptors (Lipinski definition) is 2. The molecule has 1 amide bonds. The molecule has 184 valence electrons. The molecule has 0 aliphatic carbocycles. The average Bonchev–Trinajstić information content (AvgIpc) is 3.24. The van der Waals surface area contributed by atoms with Crippen molar-refractivity contribution in [1.82, 2.24) is 10.3 Å². The van der Waals surface area contributed by atoms with E-state index in [-0.39, 0.29) is 12.3 Å². The van der Waals surface area contributed by atoms with Gasteiger partial charge >= 0.3 is 5.97 Å². The van der Waals surface area contributed by atoms with E-state index in [0.717, 1.165) is 48.6 Å². The summed E-state index contributed by atoms with van der Waals surface area (Å²) in [6.45, 7) is 2.22. The number of benzene rings is 1. The molecule has 0 saturated heterocycles. The van der Waals surface area contributed by atoms with Gasteiger partial charge in [-0.15, -0.1) is 0 Å². The summed E-state index contributed by atoms with van der Waals surface area (Å²) in [6.07, 6.45) is 25.2. The summed E-state index contributed by atoms with van der Waals surface area (Å²) < 4.78 is 0. The molecule has 1 aromatic carbocycles. The number of H-pyrrole nitrogens is 1. The molecule has 2 rings (SSSR count). The fourth-order valence-electron chi connectivity index (χ4n) is 3.82. The number of carboxylic acid groups (broad SMARTS) is 1. The maximum atomic E-state index is 12.3. The van der Waals surface area contributed by atoms with Crippen LogP contribution in [0.15, 0.2) is 66.9 Å². The van der Waals surface area contributed by atoms with E-state index in [0.29, 0.717) is 6.42 Å². The molecule has 34 heavy (non-hydrogen) atoms. The molecular weight excluding hydrogens is 424 g/mol. The van der Waals surface area contributed by atoms with Crippen LogP contribution in [-0.2, 0) is 16.0 Å². The SMILES string of the molecule is CCCCC/C=C\C/C=C\C/C=C\CCCCC(=O)N[C@@H](Cc1c[nH]c2ccccc12)C(=O)O. The number of unbranched alkanes of at least 4 members (excludes halogenated alkanes) is 5. The van der Waals surface area contributed by atoms with Crippen molar-refractivity contribution in [2.45, 2.75) is 83.6 Å². The van der Waals surface area contributed by atoms with Gasteiger partial charge in [-0.25, -0.2) is 4.79 Å². The van der Waals surface area contributed by atoms with Crippen LogP contribution in [-0.4, -0.2) is 28.0 Å². The fourth-order valence-corrected chi connectivity index (χ4v) is 3.82. The number of carbonyl (C=O) groups is 2. The lowest BCUT2D eigenvalue weighted by Crippen LogP contribution is -2.42. The van der Waals surface area contributed by atoms with Gasteiger partial charge < -0.3 is 15.4 Å². The monoisotopic (exact) mass is 464 g/mol. The first kappa shape index (κ1) is 27.2. The second kappa shape index (κ2) is 16.5. The van der Waals surface area contributed by atoms with Gasteiger partial charge in [0.1, 0.15) is 6.04 Å². The Kier molecular flexibility index (Phi) is 13.2. The Hall–Kier alpha value is -3.08. The van der Waals surface area contributed by atoms with Crippen molar-refractivity contribution < 1.29 is 14.7 Å². The Morgan fingerprint density at radius 1 is 0.941 bits per heavy atom. The van der Waals surface area contributed by atoms with Crippen LogP contribution in [0.4, 0.5) is 0 Å². The van der Waals surface area contributed by atoms with Gasteiger partial charge in [0.2, 0.25) is 5.91 Å². The molecular formula is C29H40N2O3. The number of fused-ring (bicyclic) bond motifs is 1. The van der Waals surface area contributed by atoms with Gasteiger partial charge in [0.15, 0.2) is 0 Å². The standard InChI is InChI=1S/C29H40N2O3/c1-2-3-4-5-6-7-8-9-10-11-12-13-14-15-16-21-28(32)31-27(29(33)34)22-24-23-30-26-20-18-17-19-25(24)26/h6-7,9-10,12-13,17-20,23,27,30H,2-5,8,11,14-16,21-22H2,1H3,(H,31,32)(H,33,34)/b7-6-,10-9-,13-12-/t27-/m0/s1. The highest BCUT2D eigenvalue weighted by Gasteiger charge is 2.21. The molecule has 0 fully saturated rings. The van der Waals surface area contributed by atoms with Gasteiger partial charge in [-0.1, -0.05) is 74.4 Å². The Bertz CT molecular complexity index is 955. The molecule has 1 aromatic heterocycles. The lowest BCUT2D eigenvalue weighted by Gasteiger charge is -2.14. The zero-order valence-electron chi connectivity index (χ0n) is 20.5. The first-order valence-electron chi connectivity index (χ1n) is 12.6. The van der Waals surface area contributed by atoms with Crippen molar-refractivity contribution in [2.75, 3.05) is 0 Å². The highest BCUT2D eigenvalue weighted by Crippen LogP contribution is 2.19. The van der Waals surface area contributed by atoms with Crippen molar-refractivity contribution >= 4 is 22.8 Å². The Labute approximate surface area is 204 Å². The van der Waals surface area contributed by atoms with E-state index in [1.165, 1.54) is 25.7 Å². The fraction of sp³-hybridized carbons (Fsp3) is 0.448. The van der Waals surface area contributed by atoms with E-state index in [2.05, 4.69) is 53.7 Å². The molecule has 5 heteroatoms. The normalized spacial score (nSPS) is 12.9. The van der Waals surface area contributed by atoms with Crippen molar-refractivity contribution in [3.63, 3.8) is 0 Å². The highest BCUT2D eigenvalue weighted by atomic mass is 16.4. The minimum Gasteiger partial charge on any atom is -0.480 e. The first-order chi connectivity index (χ1) is 16.6. The van der Waals surface area contributed by atoms with Gasteiger partial charge in [0.25, 0.3) is 0 Å². The van der Waals surface area contributed by atoms with E-state index in [1.807, 2.05) is 30.5 Å². The van der Waals surface area contributed by atoms with Crippen LogP contribution >= 0.6 is 0 Å². The molecule has 5 nitrogen and oxygen atoms in total. The van der Waals surface area contributed by atoms with Crippen molar-refractivity contribution in [3.8, 4) is 0 Å². The number of amides is 1. The molecule has 0 unspecified atom stereocenters. The van der Waals surface area contributed by atoms with Crippen LogP contribution < -0.4 is 5.32 Å². The molecule has 0 bridgehead atoms. The maximum absolute atomic E-state index is 12.3. The third-order valence-electron chi connectivity index (χ3n) is 5.78. The van der Waals surface area contributed by atoms with E-state index < -0.39 is 12.0 Å². The van der Waals surface area contributed by atoms with E-state index in [9.17, 15) is 14.7 Å². The van der Waals surface area contributed by atoms with E-state index >= 15 is 0 Å². The molecule has 2 aromatic rings. The minimum absolute atomic E-state index is 0.207. The van der Waals surface area contributed by atoms with Crippen molar-refractivity contribution in [3.05, 3.63) is 72.5 Å². The smallest absolute Gasteiger partial charge is 0.326 e. The number of aliphatic carboxylic acids is 1. The summed E-state index contributed by atoms with van der Waals surface area (Å²) in [4.78, 5) is 27.1. The van der Waals surface area contributed by atoms with Gasteiger partial charge in [0.05, 0.1) is 0 Å². The van der Waals surface area contributed by atoms with Crippen LogP contribution in [0.1, 0.15) is 76.7 Å². The van der Waals surface area contributed by atoms with E-state index in [4.69, 9.17) is 0 Å². The number of allylic oxidation sites excluding steroid dienone is 6. The summed E-state index contributed by atoms with van der Waals surface area (Å²) >= 11 is 0. The lowest BCUT2D eigenvalue weighted by molar-refractivity contribution is -0.141. The minimum atomic E-state index is -1.01. The van der Waals surface area contributed by atoms with Crippen LogP contribution in [0.2, 0.25) is 0 Å². The first-order valence-corrected chi connectivity index (χ1v) is 12.6. The Balaban J connectivity index is 1.58. The Morgan fingerprint density at radius 2 is 1.59 bits per heavy atom. The van der Waals surface area contributed by atoms with Gasteiger partial charge in [-0.05, 0) is 56.6 Å². The van der Waals surface area contributed by atoms with Crippen molar-refractivity contribution in [1.29, 1.82) is 0 Å².